The summed E-state index contributed by atoms with van der Waals surface area (Å²) in [6.45, 7) is 1.60. The Labute approximate surface area is 188 Å². The Kier molecular flexibility index (Phi) is 10.2. The van der Waals surface area contributed by atoms with Crippen LogP contribution in [0.3, 0.4) is 0 Å². The van der Waals surface area contributed by atoms with Crippen molar-refractivity contribution < 1.29 is 14.6 Å². The summed E-state index contributed by atoms with van der Waals surface area (Å²) in [4.78, 5) is 10.6. The average Bonchev–Trinajstić information content (AvgIpc) is 3.37. The lowest BCUT2D eigenvalue weighted by Crippen LogP contribution is -2.23. The van der Waals surface area contributed by atoms with Gasteiger partial charge in [0.15, 0.2) is 0 Å². The lowest BCUT2D eigenvalue weighted by atomic mass is 9.76. The van der Waals surface area contributed by atoms with Crippen molar-refractivity contribution in [3.63, 3.8) is 0 Å². The van der Waals surface area contributed by atoms with Gasteiger partial charge in [0.1, 0.15) is 0 Å². The molecule has 0 unspecified atom stereocenters. The maximum Gasteiger partial charge on any atom is 0.303 e. The highest BCUT2D eigenvalue weighted by Crippen LogP contribution is 2.54. The summed E-state index contributed by atoms with van der Waals surface area (Å²) < 4.78 is 5.92. The second kappa shape index (κ2) is 13.4. The first-order valence-corrected chi connectivity index (χ1v) is 12.2. The topological polar surface area (TPSA) is 46.5 Å². The third kappa shape index (κ3) is 8.19. The number of aliphatic carboxylic acids is 1. The van der Waals surface area contributed by atoms with Crippen LogP contribution in [0.25, 0.3) is 0 Å². The first-order valence-electron chi connectivity index (χ1n) is 12.2. The van der Waals surface area contributed by atoms with Crippen LogP contribution in [-0.2, 0) is 16.0 Å². The molecule has 0 aromatic heterocycles. The number of fused-ring (bicyclic) bond motifs is 2. The summed E-state index contributed by atoms with van der Waals surface area (Å²) in [5.41, 5.74) is 1.35. The maximum absolute atomic E-state index is 10.6. The zero-order valence-corrected chi connectivity index (χ0v) is 18.8. The van der Waals surface area contributed by atoms with Crippen LogP contribution in [-0.4, -0.2) is 24.3 Å². The molecule has 0 aliphatic heterocycles. The number of allylic oxidation sites excluding steroid dienone is 2. The van der Waals surface area contributed by atoms with Crippen LogP contribution in [0.1, 0.15) is 69.8 Å². The lowest BCUT2D eigenvalue weighted by Gasteiger charge is -2.30. The average molecular weight is 423 g/mol. The van der Waals surface area contributed by atoms with Crippen LogP contribution in [0, 0.1) is 35.5 Å². The molecule has 2 aliphatic carbocycles. The minimum Gasteiger partial charge on any atom is -0.481 e. The second-order valence-corrected chi connectivity index (χ2v) is 9.14. The van der Waals surface area contributed by atoms with E-state index in [4.69, 9.17) is 9.84 Å². The first-order chi connectivity index (χ1) is 15.2. The number of ether oxygens (including phenoxy) is 1. The van der Waals surface area contributed by atoms with E-state index in [9.17, 15) is 4.79 Å². The highest BCUT2D eigenvalue weighted by Gasteiger charge is 2.46. The molecular weight excluding hydrogens is 384 g/mol. The summed E-state index contributed by atoms with van der Waals surface area (Å²) in [7, 11) is 0. The van der Waals surface area contributed by atoms with E-state index in [-0.39, 0.29) is 6.42 Å². The van der Waals surface area contributed by atoms with Crippen molar-refractivity contribution in [1.29, 1.82) is 0 Å². The van der Waals surface area contributed by atoms with Gasteiger partial charge >= 0.3 is 5.97 Å². The molecule has 3 rings (SSSR count). The first kappa shape index (κ1) is 23.6. The van der Waals surface area contributed by atoms with Gasteiger partial charge in [0.25, 0.3) is 0 Å². The summed E-state index contributed by atoms with van der Waals surface area (Å²) in [5.74, 6) is 9.23. The molecule has 3 heteroatoms. The fraction of sp³-hybridized carbons (Fsp3) is 0.607. The van der Waals surface area contributed by atoms with Gasteiger partial charge in [-0.05, 0) is 80.6 Å². The molecule has 31 heavy (non-hydrogen) atoms. The Balaban J connectivity index is 1.27. The van der Waals surface area contributed by atoms with Crippen molar-refractivity contribution in [1.82, 2.24) is 0 Å². The maximum atomic E-state index is 10.6. The Morgan fingerprint density at radius 3 is 2.61 bits per heavy atom. The van der Waals surface area contributed by atoms with Gasteiger partial charge in [-0.25, -0.2) is 0 Å². The summed E-state index contributed by atoms with van der Waals surface area (Å²) >= 11 is 0. The minimum absolute atomic E-state index is 0.274. The quantitative estimate of drug-likeness (QED) is 0.231. The van der Waals surface area contributed by atoms with Crippen molar-refractivity contribution >= 4 is 5.97 Å². The van der Waals surface area contributed by atoms with Gasteiger partial charge in [-0.15, -0.1) is 11.8 Å². The molecule has 2 aliphatic rings. The van der Waals surface area contributed by atoms with Gasteiger partial charge in [0.05, 0.1) is 6.61 Å². The third-order valence-electron chi connectivity index (χ3n) is 7.08. The highest BCUT2D eigenvalue weighted by atomic mass is 16.5. The Bertz CT molecular complexity index is 743. The number of carbonyl (C=O) groups is 1. The molecule has 0 amide bonds. The molecule has 2 fully saturated rings. The standard InChI is InChI=1S/C28H38O3/c29-28(30)16-10-2-1-9-15-26-24-17-18-25(22-24)27(26)19-21-31-20-11-4-3-6-12-23-13-7-5-8-14-23/h1,5,7-9,13-14,24-27H,2,6,10-12,15-22H2,(H,29,30)/t24-,25+,26-,27+/m0/s1. The normalized spacial score (nSPS) is 24.4. The predicted molar refractivity (Wildman–Crippen MR) is 126 cm³/mol. The molecule has 0 radical (unpaired) electrons. The van der Waals surface area contributed by atoms with Gasteiger partial charge < -0.3 is 9.84 Å². The summed E-state index contributed by atoms with van der Waals surface area (Å²) in [6, 6.07) is 10.5. The zero-order valence-electron chi connectivity index (χ0n) is 18.8. The van der Waals surface area contributed by atoms with Crippen LogP contribution < -0.4 is 0 Å². The zero-order chi connectivity index (χ0) is 21.7. The van der Waals surface area contributed by atoms with Gasteiger partial charge in [0, 0.05) is 25.9 Å². The number of aryl methyl sites for hydroxylation is 1. The van der Waals surface area contributed by atoms with Crippen molar-refractivity contribution in [3.05, 3.63) is 48.0 Å². The Morgan fingerprint density at radius 2 is 1.81 bits per heavy atom. The Morgan fingerprint density at radius 1 is 1.03 bits per heavy atom. The number of carboxylic acids is 1. The Hall–Kier alpha value is -2.05. The smallest absolute Gasteiger partial charge is 0.303 e. The SMILES string of the molecule is O=C(O)CCCC=CC[C@H]1[C@H]2CC[C@H](C2)[C@H]1CCOCCC#CCCc1ccccc1. The molecular formula is C28H38O3. The minimum atomic E-state index is -0.695. The van der Waals surface area contributed by atoms with E-state index in [1.54, 1.807) is 0 Å². The second-order valence-electron chi connectivity index (χ2n) is 9.14. The lowest BCUT2D eigenvalue weighted by molar-refractivity contribution is -0.137. The fourth-order valence-electron chi connectivity index (χ4n) is 5.56. The van der Waals surface area contributed by atoms with Crippen LogP contribution in [0.4, 0.5) is 0 Å². The molecule has 2 saturated carbocycles. The molecule has 1 aromatic carbocycles. The van der Waals surface area contributed by atoms with Crippen LogP contribution >= 0.6 is 0 Å². The van der Waals surface area contributed by atoms with E-state index in [0.717, 1.165) is 75.4 Å². The number of benzene rings is 1. The van der Waals surface area contributed by atoms with E-state index in [0.29, 0.717) is 0 Å². The summed E-state index contributed by atoms with van der Waals surface area (Å²) in [6.07, 6.45) is 15.7. The van der Waals surface area contributed by atoms with Crippen molar-refractivity contribution in [2.45, 2.75) is 70.6 Å². The molecule has 4 atom stereocenters. The molecule has 0 saturated heterocycles. The highest BCUT2D eigenvalue weighted by molar-refractivity contribution is 5.66. The molecule has 2 bridgehead atoms. The van der Waals surface area contributed by atoms with Gasteiger partial charge in [-0.2, -0.15) is 0 Å². The molecule has 3 nitrogen and oxygen atoms in total. The molecule has 1 N–H and O–H groups in total. The number of hydrogen-bond donors (Lipinski definition) is 1. The van der Waals surface area contributed by atoms with Crippen LogP contribution in [0.2, 0.25) is 0 Å². The fourth-order valence-corrected chi connectivity index (χ4v) is 5.56. The number of hydrogen-bond acceptors (Lipinski definition) is 2. The molecule has 0 heterocycles. The third-order valence-corrected chi connectivity index (χ3v) is 7.08. The molecule has 168 valence electrons. The van der Waals surface area contributed by atoms with Gasteiger partial charge in [-0.1, -0.05) is 42.5 Å². The van der Waals surface area contributed by atoms with E-state index >= 15 is 0 Å². The van der Waals surface area contributed by atoms with E-state index < -0.39 is 5.97 Å². The monoisotopic (exact) mass is 422 g/mol. The molecule has 0 spiro atoms. The van der Waals surface area contributed by atoms with Crippen LogP contribution in [0.15, 0.2) is 42.5 Å². The predicted octanol–water partition coefficient (Wildman–Crippen LogP) is 6.28. The summed E-state index contributed by atoms with van der Waals surface area (Å²) in [5, 5.41) is 8.72. The van der Waals surface area contributed by atoms with Crippen molar-refractivity contribution in [2.75, 3.05) is 13.2 Å². The largest absolute Gasteiger partial charge is 0.481 e. The van der Waals surface area contributed by atoms with Gasteiger partial charge in [0.2, 0.25) is 0 Å². The van der Waals surface area contributed by atoms with Crippen molar-refractivity contribution in [2.24, 2.45) is 23.7 Å². The van der Waals surface area contributed by atoms with E-state index in [1.807, 2.05) is 6.07 Å². The van der Waals surface area contributed by atoms with E-state index in [2.05, 4.69) is 48.3 Å². The number of unbranched alkanes of at least 4 members (excludes halogenated alkanes) is 1. The number of rotatable bonds is 13. The van der Waals surface area contributed by atoms with E-state index in [1.165, 1.54) is 31.2 Å². The van der Waals surface area contributed by atoms with Crippen LogP contribution in [0.5, 0.6) is 0 Å². The van der Waals surface area contributed by atoms with Crippen molar-refractivity contribution in [3.8, 4) is 11.8 Å². The van der Waals surface area contributed by atoms with Gasteiger partial charge in [-0.3, -0.25) is 4.79 Å². The number of carboxylic acid groups (broad SMARTS) is 1. The molecule has 1 aromatic rings.